The van der Waals surface area contributed by atoms with Gasteiger partial charge in [0.1, 0.15) is 5.82 Å². The molecule has 0 spiro atoms. The van der Waals surface area contributed by atoms with E-state index in [0.717, 1.165) is 27.4 Å². The highest BCUT2D eigenvalue weighted by atomic mass is 35.5. The average Bonchev–Trinajstić information content (AvgIpc) is 3.20. The van der Waals surface area contributed by atoms with E-state index < -0.39 is 0 Å². The van der Waals surface area contributed by atoms with Crippen LogP contribution in [0.2, 0.25) is 5.02 Å². The highest BCUT2D eigenvalue weighted by Gasteiger charge is 2.12. The van der Waals surface area contributed by atoms with E-state index in [1.807, 2.05) is 12.3 Å². The van der Waals surface area contributed by atoms with E-state index in [1.165, 1.54) is 12.1 Å². The monoisotopic (exact) mass is 355 g/mol. The SMILES string of the molecule is O=C(NCCc1c[nH]c2ccc(F)cc12)c1cc2[nH]ccc2cc1Cl. The second kappa shape index (κ2) is 6.26. The molecule has 0 bridgehead atoms. The Hall–Kier alpha value is -2.79. The van der Waals surface area contributed by atoms with Gasteiger partial charge in [-0.3, -0.25) is 4.79 Å². The van der Waals surface area contributed by atoms with Crippen LogP contribution in [-0.2, 0) is 6.42 Å². The molecule has 4 aromatic rings. The van der Waals surface area contributed by atoms with Gasteiger partial charge >= 0.3 is 0 Å². The lowest BCUT2D eigenvalue weighted by molar-refractivity contribution is 0.0954. The molecule has 0 aliphatic rings. The quantitative estimate of drug-likeness (QED) is 0.499. The van der Waals surface area contributed by atoms with Crippen molar-refractivity contribution in [3.8, 4) is 0 Å². The Morgan fingerprint density at radius 2 is 2.00 bits per heavy atom. The lowest BCUT2D eigenvalue weighted by atomic mass is 10.1. The van der Waals surface area contributed by atoms with E-state index in [0.29, 0.717) is 23.6 Å². The predicted molar refractivity (Wildman–Crippen MR) is 97.6 cm³/mol. The zero-order chi connectivity index (χ0) is 17.4. The van der Waals surface area contributed by atoms with E-state index in [9.17, 15) is 9.18 Å². The van der Waals surface area contributed by atoms with E-state index in [-0.39, 0.29) is 11.7 Å². The number of aromatic nitrogens is 2. The summed E-state index contributed by atoms with van der Waals surface area (Å²) in [5.41, 5.74) is 3.13. The van der Waals surface area contributed by atoms with Crippen LogP contribution in [-0.4, -0.2) is 22.4 Å². The van der Waals surface area contributed by atoms with Crippen LogP contribution in [0.15, 0.2) is 48.8 Å². The summed E-state index contributed by atoms with van der Waals surface area (Å²) in [6.07, 6.45) is 4.24. The maximum atomic E-state index is 13.4. The van der Waals surface area contributed by atoms with E-state index >= 15 is 0 Å². The van der Waals surface area contributed by atoms with Crippen LogP contribution in [0, 0.1) is 5.82 Å². The molecular formula is C19H15ClFN3O. The minimum atomic E-state index is -0.275. The summed E-state index contributed by atoms with van der Waals surface area (Å²) in [6, 6.07) is 10.0. The Kier molecular flexibility index (Phi) is 3.93. The van der Waals surface area contributed by atoms with Crippen LogP contribution in [0.1, 0.15) is 15.9 Å². The van der Waals surface area contributed by atoms with E-state index in [4.69, 9.17) is 11.6 Å². The molecule has 0 aliphatic heterocycles. The number of fused-ring (bicyclic) bond motifs is 2. The second-order valence-corrected chi connectivity index (χ2v) is 6.31. The summed E-state index contributed by atoms with van der Waals surface area (Å²) in [6.45, 7) is 0.432. The van der Waals surface area contributed by atoms with Crippen molar-refractivity contribution in [3.05, 3.63) is 70.8 Å². The molecule has 4 nitrogen and oxygen atoms in total. The first-order valence-corrected chi connectivity index (χ1v) is 8.30. The highest BCUT2D eigenvalue weighted by Crippen LogP contribution is 2.23. The van der Waals surface area contributed by atoms with Gasteiger partial charge in [-0.25, -0.2) is 4.39 Å². The minimum Gasteiger partial charge on any atom is -0.361 e. The van der Waals surface area contributed by atoms with Crippen LogP contribution in [0.3, 0.4) is 0 Å². The van der Waals surface area contributed by atoms with Gasteiger partial charge in [0.2, 0.25) is 0 Å². The fourth-order valence-corrected chi connectivity index (χ4v) is 3.27. The number of halogens is 2. The number of rotatable bonds is 4. The first-order valence-electron chi connectivity index (χ1n) is 7.92. The number of H-pyrrole nitrogens is 2. The van der Waals surface area contributed by atoms with Crippen molar-refractivity contribution < 1.29 is 9.18 Å². The second-order valence-electron chi connectivity index (χ2n) is 5.91. The molecule has 0 fully saturated rings. The molecule has 0 aliphatic carbocycles. The summed E-state index contributed by atoms with van der Waals surface area (Å²) >= 11 is 6.21. The van der Waals surface area contributed by atoms with Crippen LogP contribution in [0.4, 0.5) is 4.39 Å². The fourth-order valence-electron chi connectivity index (χ4n) is 3.01. The molecular weight excluding hydrogens is 341 g/mol. The number of aromatic amines is 2. The van der Waals surface area contributed by atoms with Gasteiger partial charge in [0.15, 0.2) is 0 Å². The van der Waals surface area contributed by atoms with Crippen molar-refractivity contribution >= 4 is 39.3 Å². The molecule has 0 saturated carbocycles. The molecule has 2 heterocycles. The van der Waals surface area contributed by atoms with Crippen LogP contribution >= 0.6 is 11.6 Å². The number of hydrogen-bond donors (Lipinski definition) is 3. The fraction of sp³-hybridized carbons (Fsp3) is 0.105. The lowest BCUT2D eigenvalue weighted by Gasteiger charge is -2.07. The van der Waals surface area contributed by atoms with E-state index in [1.54, 1.807) is 24.4 Å². The molecule has 0 atom stereocenters. The van der Waals surface area contributed by atoms with Gasteiger partial charge in [0.25, 0.3) is 5.91 Å². The summed E-state index contributed by atoms with van der Waals surface area (Å²) in [4.78, 5) is 18.6. The zero-order valence-electron chi connectivity index (χ0n) is 13.2. The Morgan fingerprint density at radius 3 is 2.88 bits per heavy atom. The first kappa shape index (κ1) is 15.7. The number of hydrogen-bond acceptors (Lipinski definition) is 1. The Balaban J connectivity index is 1.47. The molecule has 2 aromatic heterocycles. The third kappa shape index (κ3) is 2.98. The Morgan fingerprint density at radius 1 is 1.12 bits per heavy atom. The maximum absolute atomic E-state index is 13.4. The van der Waals surface area contributed by atoms with Crippen molar-refractivity contribution in [2.24, 2.45) is 0 Å². The van der Waals surface area contributed by atoms with Crippen molar-refractivity contribution in [3.63, 3.8) is 0 Å². The standard InChI is InChI=1S/C19H15ClFN3O/c20-16-7-11-3-5-22-18(11)9-15(16)19(25)23-6-4-12-10-24-17-2-1-13(21)8-14(12)17/h1-3,5,7-10,22,24H,4,6H2,(H,23,25). The van der Waals surface area contributed by atoms with Gasteiger partial charge in [-0.15, -0.1) is 0 Å². The number of amides is 1. The zero-order valence-corrected chi connectivity index (χ0v) is 14.0. The van der Waals surface area contributed by atoms with Gasteiger partial charge in [0.05, 0.1) is 10.6 Å². The third-order valence-electron chi connectivity index (χ3n) is 4.29. The smallest absolute Gasteiger partial charge is 0.252 e. The van der Waals surface area contributed by atoms with Crippen LogP contribution < -0.4 is 5.32 Å². The molecule has 0 radical (unpaired) electrons. The summed E-state index contributed by atoms with van der Waals surface area (Å²) in [7, 11) is 0. The predicted octanol–water partition coefficient (Wildman–Crippen LogP) is 4.41. The minimum absolute atomic E-state index is 0.229. The molecule has 0 unspecified atom stereocenters. The van der Waals surface area contributed by atoms with Crippen molar-refractivity contribution in [2.75, 3.05) is 6.54 Å². The normalized spacial score (nSPS) is 11.3. The van der Waals surface area contributed by atoms with E-state index in [2.05, 4.69) is 15.3 Å². The summed E-state index contributed by atoms with van der Waals surface area (Å²) in [5, 5.41) is 5.08. The van der Waals surface area contributed by atoms with Crippen molar-refractivity contribution in [1.29, 1.82) is 0 Å². The average molecular weight is 356 g/mol. The number of carbonyl (C=O) groups excluding carboxylic acids is 1. The first-order chi connectivity index (χ1) is 12.1. The topological polar surface area (TPSA) is 60.7 Å². The van der Waals surface area contributed by atoms with Gasteiger partial charge in [-0.1, -0.05) is 11.6 Å². The van der Waals surface area contributed by atoms with Crippen molar-refractivity contribution in [1.82, 2.24) is 15.3 Å². The summed E-state index contributed by atoms with van der Waals surface area (Å²) < 4.78 is 13.4. The molecule has 3 N–H and O–H groups in total. The maximum Gasteiger partial charge on any atom is 0.252 e. The lowest BCUT2D eigenvalue weighted by Crippen LogP contribution is -2.25. The van der Waals surface area contributed by atoms with Crippen LogP contribution in [0.25, 0.3) is 21.8 Å². The number of nitrogens with one attached hydrogen (secondary N) is 3. The number of benzene rings is 2. The molecule has 4 rings (SSSR count). The highest BCUT2D eigenvalue weighted by molar-refractivity contribution is 6.34. The largest absolute Gasteiger partial charge is 0.361 e. The van der Waals surface area contributed by atoms with Crippen molar-refractivity contribution in [2.45, 2.75) is 6.42 Å². The molecule has 6 heteroatoms. The van der Waals surface area contributed by atoms with Crippen LogP contribution in [0.5, 0.6) is 0 Å². The molecule has 2 aromatic carbocycles. The summed E-state index contributed by atoms with van der Waals surface area (Å²) in [5.74, 6) is -0.504. The van der Waals surface area contributed by atoms with Gasteiger partial charge in [0, 0.05) is 40.7 Å². The van der Waals surface area contributed by atoms with Gasteiger partial charge in [-0.2, -0.15) is 0 Å². The number of carbonyl (C=O) groups is 1. The Bertz CT molecular complexity index is 1080. The van der Waals surface area contributed by atoms with Gasteiger partial charge < -0.3 is 15.3 Å². The van der Waals surface area contributed by atoms with Gasteiger partial charge in [-0.05, 0) is 48.4 Å². The molecule has 126 valence electrons. The Labute approximate surface area is 148 Å². The molecule has 0 saturated heterocycles. The third-order valence-corrected chi connectivity index (χ3v) is 4.61. The molecule has 1 amide bonds. The molecule has 25 heavy (non-hydrogen) atoms.